The second-order valence-corrected chi connectivity index (χ2v) is 3.31. The average Bonchev–Trinajstić information content (AvgIpc) is 1.90. The molecule has 1 heteroatoms. The molecule has 0 spiro atoms. The normalized spacial score (nSPS) is 13.1. The zero-order valence-electron chi connectivity index (χ0n) is 5.26. The molecule has 1 atom stereocenters. The molecule has 1 aromatic carbocycles. The zero-order valence-corrected chi connectivity index (χ0v) is 6.85. The molecule has 0 aliphatic carbocycles. The third-order valence-electron chi connectivity index (χ3n) is 1.16. The fourth-order valence-corrected chi connectivity index (χ4v) is 0.939. The van der Waals surface area contributed by atoms with Gasteiger partial charge in [-0.2, -0.15) is 0 Å². The fraction of sp³-hybridized carbons (Fsp3) is 0.250. The van der Waals surface area contributed by atoms with Crippen molar-refractivity contribution in [3.8, 4) is 0 Å². The van der Waals surface area contributed by atoms with Gasteiger partial charge in [0, 0.05) is 4.83 Å². The molecule has 0 aliphatic heterocycles. The van der Waals surface area contributed by atoms with Crippen LogP contribution in [0.4, 0.5) is 0 Å². The van der Waals surface area contributed by atoms with Crippen molar-refractivity contribution in [2.75, 3.05) is 0 Å². The summed E-state index contributed by atoms with van der Waals surface area (Å²) in [5.41, 5.74) is 1.21. The van der Waals surface area contributed by atoms with Crippen molar-refractivity contribution in [3.63, 3.8) is 0 Å². The van der Waals surface area contributed by atoms with Gasteiger partial charge in [-0.15, -0.1) is 0 Å². The highest BCUT2D eigenvalue weighted by atomic mass is 79.9. The number of halogens is 1. The first-order valence-electron chi connectivity index (χ1n) is 2.91. The van der Waals surface area contributed by atoms with Gasteiger partial charge in [-0.05, 0) is 18.6 Å². The van der Waals surface area contributed by atoms with E-state index in [-0.39, 0.29) is 0 Å². The van der Waals surface area contributed by atoms with Crippen LogP contribution in [0.1, 0.15) is 17.3 Å². The van der Waals surface area contributed by atoms with Gasteiger partial charge in [0.05, 0.1) is 0 Å². The highest BCUT2D eigenvalue weighted by Crippen LogP contribution is 2.19. The Kier molecular flexibility index (Phi) is 2.29. The molecule has 1 unspecified atom stereocenters. The quantitative estimate of drug-likeness (QED) is 0.588. The summed E-state index contributed by atoms with van der Waals surface area (Å²) in [6.45, 7) is 2.09. The molecule has 0 aliphatic rings. The lowest BCUT2D eigenvalue weighted by atomic mass is 10.2. The molecule has 0 N–H and O–H groups in total. The van der Waals surface area contributed by atoms with E-state index in [1.807, 2.05) is 18.2 Å². The van der Waals surface area contributed by atoms with Crippen LogP contribution < -0.4 is 0 Å². The van der Waals surface area contributed by atoms with Gasteiger partial charge in [0.15, 0.2) is 0 Å². The molecule has 1 rings (SSSR count). The summed E-state index contributed by atoms with van der Waals surface area (Å²) in [5, 5.41) is 0. The molecule has 0 heterocycles. The van der Waals surface area contributed by atoms with Crippen molar-refractivity contribution in [1.29, 1.82) is 0 Å². The molecule has 0 saturated heterocycles. The average molecular weight is 184 g/mol. The van der Waals surface area contributed by atoms with Crippen LogP contribution in [-0.2, 0) is 0 Å². The first-order chi connectivity index (χ1) is 4.30. The molecule has 0 aromatic heterocycles. The maximum absolute atomic E-state index is 3.45. The Morgan fingerprint density at radius 2 is 2.33 bits per heavy atom. The minimum absolute atomic E-state index is 0.415. The summed E-state index contributed by atoms with van der Waals surface area (Å²) >= 11 is 3.45. The van der Waals surface area contributed by atoms with Gasteiger partial charge in [0.2, 0.25) is 0 Å². The Labute approximate surface area is 64.0 Å². The topological polar surface area (TPSA) is 0 Å². The SMILES string of the molecule is CC(Br)c1[c]cccc1. The van der Waals surface area contributed by atoms with Crippen LogP contribution in [0.3, 0.4) is 0 Å². The summed E-state index contributed by atoms with van der Waals surface area (Å²) in [4.78, 5) is 0.415. The summed E-state index contributed by atoms with van der Waals surface area (Å²) in [6, 6.07) is 11.1. The summed E-state index contributed by atoms with van der Waals surface area (Å²) in [6.07, 6.45) is 0. The molecule has 0 bridgehead atoms. The van der Waals surface area contributed by atoms with E-state index in [0.29, 0.717) is 4.83 Å². The van der Waals surface area contributed by atoms with Crippen LogP contribution in [0.2, 0.25) is 0 Å². The van der Waals surface area contributed by atoms with Gasteiger partial charge >= 0.3 is 0 Å². The Hall–Kier alpha value is -0.300. The van der Waals surface area contributed by atoms with Crippen molar-refractivity contribution in [3.05, 3.63) is 35.9 Å². The number of benzene rings is 1. The predicted molar refractivity (Wildman–Crippen MR) is 42.6 cm³/mol. The second-order valence-electron chi connectivity index (χ2n) is 1.93. The fourth-order valence-electron chi connectivity index (χ4n) is 0.655. The number of alkyl halides is 1. The zero-order chi connectivity index (χ0) is 6.69. The van der Waals surface area contributed by atoms with E-state index in [4.69, 9.17) is 0 Å². The lowest BCUT2D eigenvalue weighted by molar-refractivity contribution is 1.12. The lowest BCUT2D eigenvalue weighted by Crippen LogP contribution is -1.80. The van der Waals surface area contributed by atoms with Gasteiger partial charge in [0.25, 0.3) is 0 Å². The highest BCUT2D eigenvalue weighted by molar-refractivity contribution is 9.09. The van der Waals surface area contributed by atoms with Crippen molar-refractivity contribution in [1.82, 2.24) is 0 Å². The smallest absolute Gasteiger partial charge is 0.0373 e. The van der Waals surface area contributed by atoms with Gasteiger partial charge < -0.3 is 0 Å². The Balaban J connectivity index is 2.85. The largest absolute Gasteiger partial charge is 0.0842 e. The Morgan fingerprint density at radius 3 is 2.67 bits per heavy atom. The molecular weight excluding hydrogens is 176 g/mol. The maximum atomic E-state index is 3.45. The van der Waals surface area contributed by atoms with Gasteiger partial charge in [-0.25, -0.2) is 0 Å². The molecule has 0 saturated carbocycles. The molecular formula is C8H8Br. The molecule has 0 fully saturated rings. The van der Waals surface area contributed by atoms with Gasteiger partial charge in [-0.3, -0.25) is 0 Å². The molecule has 1 aromatic rings. The van der Waals surface area contributed by atoms with Gasteiger partial charge in [0.1, 0.15) is 0 Å². The van der Waals surface area contributed by atoms with Crippen LogP contribution in [0.15, 0.2) is 24.3 Å². The molecule has 9 heavy (non-hydrogen) atoms. The first-order valence-corrected chi connectivity index (χ1v) is 3.83. The monoisotopic (exact) mass is 183 g/mol. The van der Waals surface area contributed by atoms with E-state index in [9.17, 15) is 0 Å². The molecule has 47 valence electrons. The van der Waals surface area contributed by atoms with Crippen molar-refractivity contribution >= 4 is 15.9 Å². The van der Waals surface area contributed by atoms with E-state index in [2.05, 4.69) is 35.0 Å². The molecule has 0 nitrogen and oxygen atoms in total. The lowest BCUT2D eigenvalue weighted by Gasteiger charge is -1.99. The number of hydrogen-bond acceptors (Lipinski definition) is 0. The number of hydrogen-bond donors (Lipinski definition) is 0. The Morgan fingerprint density at radius 1 is 1.56 bits per heavy atom. The summed E-state index contributed by atoms with van der Waals surface area (Å²) in [5.74, 6) is 0. The molecule has 1 radical (unpaired) electrons. The third kappa shape index (κ3) is 1.83. The van der Waals surface area contributed by atoms with E-state index < -0.39 is 0 Å². The van der Waals surface area contributed by atoms with Gasteiger partial charge in [-0.1, -0.05) is 40.2 Å². The third-order valence-corrected chi connectivity index (χ3v) is 1.65. The minimum Gasteiger partial charge on any atom is -0.0842 e. The second kappa shape index (κ2) is 3.02. The minimum atomic E-state index is 0.415. The van der Waals surface area contributed by atoms with Crippen LogP contribution in [-0.4, -0.2) is 0 Å². The van der Waals surface area contributed by atoms with Crippen LogP contribution in [0.25, 0.3) is 0 Å². The van der Waals surface area contributed by atoms with Crippen LogP contribution >= 0.6 is 15.9 Å². The maximum Gasteiger partial charge on any atom is 0.0373 e. The highest BCUT2D eigenvalue weighted by Gasteiger charge is 1.96. The summed E-state index contributed by atoms with van der Waals surface area (Å²) in [7, 11) is 0. The summed E-state index contributed by atoms with van der Waals surface area (Å²) < 4.78 is 0. The van der Waals surface area contributed by atoms with Crippen molar-refractivity contribution in [2.24, 2.45) is 0 Å². The first kappa shape index (κ1) is 6.81. The Bertz CT molecular complexity index is 167. The standard InChI is InChI=1S/C8H8Br/c1-7(9)8-5-3-2-4-6-8/h2-5,7H,1H3. The van der Waals surface area contributed by atoms with E-state index in [1.54, 1.807) is 0 Å². The van der Waals surface area contributed by atoms with E-state index in [0.717, 1.165) is 0 Å². The number of rotatable bonds is 1. The predicted octanol–water partition coefficient (Wildman–Crippen LogP) is 2.94. The van der Waals surface area contributed by atoms with Crippen LogP contribution in [0.5, 0.6) is 0 Å². The van der Waals surface area contributed by atoms with Crippen molar-refractivity contribution < 1.29 is 0 Å². The molecule has 0 amide bonds. The van der Waals surface area contributed by atoms with E-state index >= 15 is 0 Å². The van der Waals surface area contributed by atoms with Crippen LogP contribution in [0, 0.1) is 6.07 Å². The van der Waals surface area contributed by atoms with E-state index in [1.165, 1.54) is 5.56 Å². The van der Waals surface area contributed by atoms with Crippen molar-refractivity contribution in [2.45, 2.75) is 11.8 Å².